The van der Waals surface area contributed by atoms with Gasteiger partial charge >= 0.3 is 5.97 Å². The topological polar surface area (TPSA) is 71.9 Å². The first-order chi connectivity index (χ1) is 14.6. The Kier molecular flexibility index (Phi) is 6.62. The predicted molar refractivity (Wildman–Crippen MR) is 117 cm³/mol. The van der Waals surface area contributed by atoms with Crippen molar-refractivity contribution >= 4 is 27.5 Å². The minimum Gasteiger partial charge on any atom is -0.491 e. The molecule has 0 amide bonds. The number of aliphatic hydroxyl groups excluding tert-OH is 1. The average Bonchev–Trinajstić information content (AvgIpc) is 3.39. The highest BCUT2D eigenvalue weighted by Crippen LogP contribution is 2.36. The number of aliphatic hydroxyl groups is 1. The Morgan fingerprint density at radius 2 is 2.07 bits per heavy atom. The Hall–Kier alpha value is -2.48. The van der Waals surface area contributed by atoms with Crippen LogP contribution in [0.4, 0.5) is 0 Å². The van der Waals surface area contributed by atoms with Gasteiger partial charge in [-0.2, -0.15) is 0 Å². The summed E-state index contributed by atoms with van der Waals surface area (Å²) in [5, 5.41) is 11.7. The Morgan fingerprint density at radius 1 is 1.27 bits per heavy atom. The van der Waals surface area contributed by atoms with Gasteiger partial charge in [0.25, 0.3) is 0 Å². The Labute approximate surface area is 180 Å². The third-order valence-corrected chi connectivity index (χ3v) is 6.35. The second-order valence-corrected chi connectivity index (χ2v) is 8.44. The van der Waals surface area contributed by atoms with E-state index in [2.05, 4.69) is 11.0 Å². The van der Waals surface area contributed by atoms with Crippen molar-refractivity contribution in [1.29, 1.82) is 0 Å². The van der Waals surface area contributed by atoms with E-state index in [4.69, 9.17) is 14.5 Å². The Bertz CT molecular complexity index is 955. The van der Waals surface area contributed by atoms with Crippen molar-refractivity contribution in [2.75, 3.05) is 26.3 Å². The molecule has 1 aromatic heterocycles. The molecule has 7 heteroatoms. The number of likely N-dealkylation sites (tertiary alicyclic amines) is 1. The molecule has 6 nitrogen and oxygen atoms in total. The van der Waals surface area contributed by atoms with Crippen molar-refractivity contribution in [2.24, 2.45) is 0 Å². The number of β-amino-alcohol motifs (C(OH)–C–C–N with tert-alkyl or cyclic N) is 1. The van der Waals surface area contributed by atoms with Crippen LogP contribution in [0.1, 0.15) is 41.2 Å². The van der Waals surface area contributed by atoms with Crippen LogP contribution in [0.5, 0.6) is 5.75 Å². The molecule has 2 unspecified atom stereocenters. The summed E-state index contributed by atoms with van der Waals surface area (Å²) in [6.07, 6.45) is 1.55. The number of rotatable bonds is 8. The lowest BCUT2D eigenvalue weighted by atomic mass is 10.2. The summed E-state index contributed by atoms with van der Waals surface area (Å²) in [7, 11) is 0. The van der Waals surface area contributed by atoms with E-state index in [0.29, 0.717) is 24.5 Å². The normalized spacial score (nSPS) is 17.9. The molecule has 1 aliphatic rings. The molecule has 1 aliphatic heterocycles. The maximum atomic E-state index is 11.7. The largest absolute Gasteiger partial charge is 0.491 e. The van der Waals surface area contributed by atoms with Crippen LogP contribution >= 0.6 is 11.3 Å². The number of para-hydroxylation sites is 1. The number of benzene rings is 2. The van der Waals surface area contributed by atoms with E-state index in [9.17, 15) is 9.90 Å². The van der Waals surface area contributed by atoms with Gasteiger partial charge in [-0.05, 0) is 62.7 Å². The summed E-state index contributed by atoms with van der Waals surface area (Å²) in [5.41, 5.74) is 1.53. The molecular formula is C23H26N2O4S. The molecule has 2 heterocycles. The first-order valence-corrected chi connectivity index (χ1v) is 11.1. The van der Waals surface area contributed by atoms with Gasteiger partial charge in [0.15, 0.2) is 0 Å². The van der Waals surface area contributed by atoms with Crippen LogP contribution in [-0.2, 0) is 4.74 Å². The van der Waals surface area contributed by atoms with E-state index >= 15 is 0 Å². The van der Waals surface area contributed by atoms with Gasteiger partial charge in [-0.3, -0.25) is 4.90 Å². The lowest BCUT2D eigenvalue weighted by Gasteiger charge is -2.25. The summed E-state index contributed by atoms with van der Waals surface area (Å²) in [6.45, 7) is 3.81. The minimum atomic E-state index is -0.607. The second kappa shape index (κ2) is 9.55. The molecule has 1 N–H and O–H groups in total. The highest BCUT2D eigenvalue weighted by molar-refractivity contribution is 7.18. The molecule has 1 fully saturated rings. The summed E-state index contributed by atoms with van der Waals surface area (Å²) >= 11 is 1.74. The van der Waals surface area contributed by atoms with Gasteiger partial charge in [0.05, 0.1) is 28.4 Å². The Morgan fingerprint density at radius 3 is 2.83 bits per heavy atom. The number of esters is 1. The van der Waals surface area contributed by atoms with Crippen molar-refractivity contribution in [3.8, 4) is 5.75 Å². The van der Waals surface area contributed by atoms with Gasteiger partial charge in [0.1, 0.15) is 23.5 Å². The molecule has 2 atom stereocenters. The fourth-order valence-corrected chi connectivity index (χ4v) is 4.91. The fourth-order valence-electron chi connectivity index (χ4n) is 3.77. The molecule has 158 valence electrons. The summed E-state index contributed by atoms with van der Waals surface area (Å²) < 4.78 is 11.9. The van der Waals surface area contributed by atoms with Crippen LogP contribution in [0.3, 0.4) is 0 Å². The van der Waals surface area contributed by atoms with Crippen molar-refractivity contribution in [2.45, 2.75) is 31.9 Å². The van der Waals surface area contributed by atoms with E-state index < -0.39 is 6.10 Å². The summed E-state index contributed by atoms with van der Waals surface area (Å²) in [5.74, 6) is 0.269. The third-order valence-electron chi connectivity index (χ3n) is 5.21. The molecule has 30 heavy (non-hydrogen) atoms. The van der Waals surface area contributed by atoms with Crippen molar-refractivity contribution in [3.63, 3.8) is 0 Å². The van der Waals surface area contributed by atoms with Crippen molar-refractivity contribution in [1.82, 2.24) is 9.88 Å². The van der Waals surface area contributed by atoms with Gasteiger partial charge in [0.2, 0.25) is 0 Å². The van der Waals surface area contributed by atoms with Crippen LogP contribution in [-0.4, -0.2) is 53.4 Å². The lowest BCUT2D eigenvalue weighted by molar-refractivity contribution is 0.0525. The maximum absolute atomic E-state index is 11.7. The first-order valence-electron chi connectivity index (χ1n) is 10.3. The highest BCUT2D eigenvalue weighted by atomic mass is 32.1. The lowest BCUT2D eigenvalue weighted by Crippen LogP contribution is -2.35. The van der Waals surface area contributed by atoms with Crippen LogP contribution in [0.15, 0.2) is 48.5 Å². The average molecular weight is 427 g/mol. The number of carbonyl (C=O) groups is 1. The van der Waals surface area contributed by atoms with E-state index in [-0.39, 0.29) is 18.6 Å². The first kappa shape index (κ1) is 20.8. The quantitative estimate of drug-likeness (QED) is 0.548. The van der Waals surface area contributed by atoms with Crippen LogP contribution < -0.4 is 4.74 Å². The van der Waals surface area contributed by atoms with Gasteiger partial charge < -0.3 is 14.6 Å². The predicted octanol–water partition coefficient (Wildman–Crippen LogP) is 4.05. The number of thiazole rings is 1. The number of nitrogens with zero attached hydrogens (tertiary/aromatic N) is 2. The fraction of sp³-hybridized carbons (Fsp3) is 0.391. The summed E-state index contributed by atoms with van der Waals surface area (Å²) in [4.78, 5) is 18.8. The standard InChI is InChI=1S/C23H26N2O4S/c1-2-28-23(27)16-9-11-18(12-10-16)29-15-17(26)14-25-13-5-7-20(25)22-24-19-6-3-4-8-21(19)30-22/h3-4,6,8-12,17,20,26H,2,5,7,13-15H2,1H3. The molecule has 3 aromatic rings. The number of hydrogen-bond acceptors (Lipinski definition) is 7. The van der Waals surface area contributed by atoms with E-state index in [1.54, 1.807) is 42.5 Å². The SMILES string of the molecule is CCOC(=O)c1ccc(OCC(O)CN2CCCC2c2nc3ccccc3s2)cc1. The molecule has 1 saturated heterocycles. The zero-order valence-corrected chi connectivity index (χ0v) is 17.8. The van der Waals surface area contributed by atoms with Gasteiger partial charge in [0, 0.05) is 6.54 Å². The molecule has 2 aromatic carbocycles. The number of carbonyl (C=O) groups excluding carboxylic acids is 1. The van der Waals surface area contributed by atoms with Crippen LogP contribution in [0.25, 0.3) is 10.2 Å². The molecule has 0 radical (unpaired) electrons. The minimum absolute atomic E-state index is 0.196. The van der Waals surface area contributed by atoms with Crippen molar-refractivity contribution in [3.05, 3.63) is 59.1 Å². The smallest absolute Gasteiger partial charge is 0.338 e. The third kappa shape index (κ3) is 4.80. The van der Waals surface area contributed by atoms with Gasteiger partial charge in [-0.25, -0.2) is 9.78 Å². The highest BCUT2D eigenvalue weighted by Gasteiger charge is 2.30. The monoisotopic (exact) mass is 426 g/mol. The van der Waals surface area contributed by atoms with Gasteiger partial charge in [-0.1, -0.05) is 12.1 Å². The molecular weight excluding hydrogens is 400 g/mol. The zero-order chi connectivity index (χ0) is 20.9. The molecule has 0 bridgehead atoms. The molecule has 0 spiro atoms. The van der Waals surface area contributed by atoms with Gasteiger partial charge in [-0.15, -0.1) is 11.3 Å². The molecule has 4 rings (SSSR count). The van der Waals surface area contributed by atoms with Crippen LogP contribution in [0.2, 0.25) is 0 Å². The van der Waals surface area contributed by atoms with Crippen molar-refractivity contribution < 1.29 is 19.4 Å². The maximum Gasteiger partial charge on any atom is 0.338 e. The van der Waals surface area contributed by atoms with E-state index in [0.717, 1.165) is 29.9 Å². The Balaban J connectivity index is 1.32. The number of ether oxygens (including phenoxy) is 2. The second-order valence-electron chi connectivity index (χ2n) is 7.38. The molecule has 0 saturated carbocycles. The zero-order valence-electron chi connectivity index (χ0n) is 17.0. The van der Waals surface area contributed by atoms with E-state index in [1.165, 1.54) is 4.70 Å². The number of fused-ring (bicyclic) bond motifs is 1. The summed E-state index contributed by atoms with van der Waals surface area (Å²) in [6, 6.07) is 15.2. The number of hydrogen-bond donors (Lipinski definition) is 1. The number of aromatic nitrogens is 1. The van der Waals surface area contributed by atoms with E-state index in [1.807, 2.05) is 18.2 Å². The molecule has 0 aliphatic carbocycles. The van der Waals surface area contributed by atoms with Crippen LogP contribution in [0, 0.1) is 0 Å².